The van der Waals surface area contributed by atoms with Gasteiger partial charge < -0.3 is 15.2 Å². The summed E-state index contributed by atoms with van der Waals surface area (Å²) in [5.41, 5.74) is 0.751. The molecule has 1 rings (SSSR count). The molecule has 0 bridgehead atoms. The fourth-order valence-electron chi connectivity index (χ4n) is 1.72. The minimum absolute atomic E-state index is 0.0199. The largest absolute Gasteiger partial charge is 0.478 e. The van der Waals surface area contributed by atoms with Crippen molar-refractivity contribution in [1.82, 2.24) is 0 Å². The van der Waals surface area contributed by atoms with Gasteiger partial charge >= 0.3 is 5.97 Å². The number of sulfone groups is 1. The molecule has 2 N–H and O–H groups in total. The SMILES string of the molecule is COCc1cc(NC(=O)CS(=O)(=O)C(C)(C)C)cc(C(=O)O)c1. The predicted molar refractivity (Wildman–Crippen MR) is 86.3 cm³/mol. The molecule has 0 fully saturated rings. The lowest BCUT2D eigenvalue weighted by Crippen LogP contribution is -2.35. The standard InChI is InChI=1S/C15H21NO6S/c1-15(2,3)23(20,21)9-13(17)16-12-6-10(8-22-4)5-11(7-12)14(18)19/h5-7H,8-9H2,1-4H3,(H,16,17)(H,18,19). The van der Waals surface area contributed by atoms with Gasteiger partial charge in [0.05, 0.1) is 16.9 Å². The van der Waals surface area contributed by atoms with Crippen LogP contribution in [0.5, 0.6) is 0 Å². The topological polar surface area (TPSA) is 110 Å². The van der Waals surface area contributed by atoms with Crippen molar-refractivity contribution in [2.24, 2.45) is 0 Å². The number of hydrogen-bond donors (Lipinski definition) is 2. The van der Waals surface area contributed by atoms with E-state index in [1.54, 1.807) is 0 Å². The first-order valence-corrected chi connectivity index (χ1v) is 8.50. The Morgan fingerprint density at radius 1 is 1.22 bits per heavy atom. The summed E-state index contributed by atoms with van der Waals surface area (Å²) in [4.78, 5) is 23.1. The van der Waals surface area contributed by atoms with Crippen LogP contribution in [-0.2, 0) is 26.0 Å². The van der Waals surface area contributed by atoms with Crippen LogP contribution >= 0.6 is 0 Å². The van der Waals surface area contributed by atoms with Gasteiger partial charge in [-0.2, -0.15) is 0 Å². The molecule has 0 aliphatic rings. The normalized spacial score (nSPS) is 12.0. The van der Waals surface area contributed by atoms with E-state index in [-0.39, 0.29) is 17.9 Å². The number of hydrogen-bond acceptors (Lipinski definition) is 5. The van der Waals surface area contributed by atoms with E-state index in [1.807, 2.05) is 0 Å². The van der Waals surface area contributed by atoms with Crippen LogP contribution < -0.4 is 5.32 Å². The van der Waals surface area contributed by atoms with Gasteiger partial charge in [0.1, 0.15) is 5.75 Å². The third-order valence-electron chi connectivity index (χ3n) is 3.09. The highest BCUT2D eigenvalue weighted by atomic mass is 32.2. The van der Waals surface area contributed by atoms with Gasteiger partial charge in [0.15, 0.2) is 9.84 Å². The van der Waals surface area contributed by atoms with Crippen molar-refractivity contribution in [1.29, 1.82) is 0 Å². The van der Waals surface area contributed by atoms with Gasteiger partial charge in [0, 0.05) is 12.8 Å². The van der Waals surface area contributed by atoms with Crippen molar-refractivity contribution < 1.29 is 27.9 Å². The van der Waals surface area contributed by atoms with Crippen LogP contribution in [0.1, 0.15) is 36.7 Å². The summed E-state index contributed by atoms with van der Waals surface area (Å²) in [6, 6.07) is 4.23. The highest BCUT2D eigenvalue weighted by molar-refractivity contribution is 7.93. The molecule has 0 aliphatic heterocycles. The van der Waals surface area contributed by atoms with E-state index in [0.717, 1.165) is 0 Å². The minimum atomic E-state index is -3.62. The first-order chi connectivity index (χ1) is 10.5. The average molecular weight is 343 g/mol. The number of carbonyl (C=O) groups is 2. The molecule has 1 aromatic rings. The second kappa shape index (κ2) is 7.10. The second-order valence-electron chi connectivity index (χ2n) is 6.08. The maximum absolute atomic E-state index is 12.0. The summed E-state index contributed by atoms with van der Waals surface area (Å²) in [6.07, 6.45) is 0. The maximum Gasteiger partial charge on any atom is 0.335 e. The molecule has 1 aromatic carbocycles. The van der Waals surface area contributed by atoms with Gasteiger partial charge in [0.2, 0.25) is 5.91 Å². The van der Waals surface area contributed by atoms with E-state index in [2.05, 4.69) is 5.32 Å². The van der Waals surface area contributed by atoms with E-state index in [0.29, 0.717) is 5.56 Å². The summed E-state index contributed by atoms with van der Waals surface area (Å²) in [5.74, 6) is -2.54. The molecule has 1 amide bonds. The van der Waals surface area contributed by atoms with Crippen molar-refractivity contribution in [3.05, 3.63) is 29.3 Å². The molecule has 128 valence electrons. The Labute approximate surface area is 135 Å². The first-order valence-electron chi connectivity index (χ1n) is 6.84. The van der Waals surface area contributed by atoms with Crippen molar-refractivity contribution in [3.63, 3.8) is 0 Å². The van der Waals surface area contributed by atoms with Gasteiger partial charge in [-0.3, -0.25) is 4.79 Å². The molecule has 0 radical (unpaired) electrons. The van der Waals surface area contributed by atoms with E-state index in [4.69, 9.17) is 9.84 Å². The summed E-state index contributed by atoms with van der Waals surface area (Å²) in [5, 5.41) is 11.5. The maximum atomic E-state index is 12.0. The van der Waals surface area contributed by atoms with Gasteiger partial charge in [0.25, 0.3) is 0 Å². The van der Waals surface area contributed by atoms with Crippen molar-refractivity contribution in [2.75, 3.05) is 18.2 Å². The molecule has 0 heterocycles. The van der Waals surface area contributed by atoms with E-state index in [9.17, 15) is 18.0 Å². The van der Waals surface area contributed by atoms with Crippen LogP contribution in [0, 0.1) is 0 Å². The molecular weight excluding hydrogens is 322 g/mol. The van der Waals surface area contributed by atoms with Gasteiger partial charge in [-0.05, 0) is 44.5 Å². The number of ether oxygens (including phenoxy) is 1. The number of amides is 1. The van der Waals surface area contributed by atoms with Crippen molar-refractivity contribution >= 4 is 27.4 Å². The lowest BCUT2D eigenvalue weighted by molar-refractivity contribution is -0.113. The Kier molecular flexibility index (Phi) is 5.90. The molecule has 0 saturated carbocycles. The number of rotatable bonds is 6. The quantitative estimate of drug-likeness (QED) is 0.813. The molecule has 0 unspecified atom stereocenters. The minimum Gasteiger partial charge on any atom is -0.478 e. The number of nitrogens with one attached hydrogen (secondary N) is 1. The molecule has 7 nitrogen and oxygen atoms in total. The first kappa shape index (κ1) is 19.1. The zero-order valence-electron chi connectivity index (χ0n) is 13.5. The van der Waals surface area contributed by atoms with Gasteiger partial charge in [-0.25, -0.2) is 13.2 Å². The summed E-state index contributed by atoms with van der Waals surface area (Å²) < 4.78 is 27.9. The Morgan fingerprint density at radius 2 is 1.83 bits per heavy atom. The predicted octanol–water partition coefficient (Wildman–Crippen LogP) is 1.68. The Balaban J connectivity index is 3.00. The van der Waals surface area contributed by atoms with Crippen molar-refractivity contribution in [2.45, 2.75) is 32.1 Å². The van der Waals surface area contributed by atoms with Gasteiger partial charge in [-0.15, -0.1) is 0 Å². The highest BCUT2D eigenvalue weighted by Crippen LogP contribution is 2.19. The Bertz CT molecular complexity index is 703. The Hall–Kier alpha value is -1.93. The zero-order chi connectivity index (χ0) is 17.8. The lowest BCUT2D eigenvalue weighted by Gasteiger charge is -2.18. The molecule has 0 aliphatic carbocycles. The van der Waals surface area contributed by atoms with Crippen molar-refractivity contribution in [3.8, 4) is 0 Å². The van der Waals surface area contributed by atoms with E-state index in [1.165, 1.54) is 46.1 Å². The smallest absolute Gasteiger partial charge is 0.335 e. The Morgan fingerprint density at radius 3 is 2.30 bits per heavy atom. The summed E-state index contributed by atoms with van der Waals surface area (Å²) in [6.45, 7) is 4.70. The van der Waals surface area contributed by atoms with Crippen LogP contribution in [-0.4, -0.2) is 43.0 Å². The molecule has 0 spiro atoms. The molecule has 0 aromatic heterocycles. The molecule has 23 heavy (non-hydrogen) atoms. The van der Waals surface area contributed by atoms with E-state index >= 15 is 0 Å². The fourth-order valence-corrected chi connectivity index (χ4v) is 2.57. The molecule has 0 saturated heterocycles. The number of aromatic carboxylic acids is 1. The summed E-state index contributed by atoms with van der Waals surface area (Å²) in [7, 11) is -2.16. The molecule has 8 heteroatoms. The van der Waals surface area contributed by atoms with Crippen LogP contribution in [0.2, 0.25) is 0 Å². The molecular formula is C15H21NO6S. The number of anilines is 1. The second-order valence-corrected chi connectivity index (χ2v) is 8.82. The molecule has 0 atom stereocenters. The number of carboxylic acids is 1. The van der Waals surface area contributed by atoms with Crippen LogP contribution in [0.3, 0.4) is 0 Å². The lowest BCUT2D eigenvalue weighted by atomic mass is 10.1. The fraction of sp³-hybridized carbons (Fsp3) is 0.467. The zero-order valence-corrected chi connectivity index (χ0v) is 14.4. The average Bonchev–Trinajstić information content (AvgIpc) is 2.36. The number of carboxylic acid groups (broad SMARTS) is 1. The number of benzene rings is 1. The van der Waals surface area contributed by atoms with Gasteiger partial charge in [-0.1, -0.05) is 0 Å². The summed E-state index contributed by atoms with van der Waals surface area (Å²) >= 11 is 0. The van der Waals surface area contributed by atoms with Crippen LogP contribution in [0.4, 0.5) is 5.69 Å². The number of methoxy groups -OCH3 is 1. The van der Waals surface area contributed by atoms with Crippen LogP contribution in [0.25, 0.3) is 0 Å². The third-order valence-corrected chi connectivity index (χ3v) is 5.60. The third kappa shape index (κ3) is 5.33. The van der Waals surface area contributed by atoms with E-state index < -0.39 is 32.2 Å². The van der Waals surface area contributed by atoms with Crippen LogP contribution in [0.15, 0.2) is 18.2 Å². The number of carbonyl (C=O) groups excluding carboxylic acids is 1. The monoisotopic (exact) mass is 343 g/mol. The highest BCUT2D eigenvalue weighted by Gasteiger charge is 2.31.